The fourth-order valence-electron chi connectivity index (χ4n) is 4.67. The van der Waals surface area contributed by atoms with Crippen molar-refractivity contribution in [2.75, 3.05) is 19.6 Å². The van der Waals surface area contributed by atoms with Gasteiger partial charge in [0.1, 0.15) is 10.7 Å². The highest BCUT2D eigenvalue weighted by Gasteiger charge is 2.48. The number of likely N-dealkylation sites (tertiary alicyclic amines) is 1. The highest BCUT2D eigenvalue weighted by atomic mass is 32.1. The predicted octanol–water partition coefficient (Wildman–Crippen LogP) is 5.46. The third-order valence-corrected chi connectivity index (χ3v) is 7.97. The number of nitrogens with zero attached hydrogens (tertiary/aromatic N) is 4. The number of benzene rings is 1. The standard InChI is InChI=1S/C24H35N4OS/c1-3-19(2)9-14-22-25-26-24(30-22)28(17-7-8-23(28)29)21-12-10-20(11-13-21)18-27-15-5-4-6-16-27/h10-13,19H,3-9,14-18H2,1-2H3/q+1. The van der Waals surface area contributed by atoms with Crippen LogP contribution in [0.4, 0.5) is 10.8 Å². The molecule has 0 bridgehead atoms. The van der Waals surface area contributed by atoms with Gasteiger partial charge in [0.15, 0.2) is 0 Å². The summed E-state index contributed by atoms with van der Waals surface area (Å²) in [5.41, 5.74) is 2.38. The summed E-state index contributed by atoms with van der Waals surface area (Å²) < 4.78 is 0.255. The molecule has 1 aromatic carbocycles. The first kappa shape index (κ1) is 21.6. The number of aryl methyl sites for hydroxylation is 1. The Morgan fingerprint density at radius 3 is 2.53 bits per heavy atom. The number of carbonyl (C=O) groups is 1. The molecule has 0 spiro atoms. The number of hydrogen-bond donors (Lipinski definition) is 0. The van der Waals surface area contributed by atoms with Crippen LogP contribution >= 0.6 is 11.3 Å². The zero-order chi connectivity index (χ0) is 21.0. The lowest BCUT2D eigenvalue weighted by Gasteiger charge is -2.28. The van der Waals surface area contributed by atoms with Crippen molar-refractivity contribution in [2.45, 2.75) is 71.8 Å². The largest absolute Gasteiger partial charge is 0.326 e. The molecule has 2 aromatic rings. The minimum Gasteiger partial charge on any atom is -0.299 e. The lowest BCUT2D eigenvalue weighted by atomic mass is 10.0. The molecular formula is C24H35N4OS+. The van der Waals surface area contributed by atoms with Crippen LogP contribution in [0.15, 0.2) is 24.3 Å². The van der Waals surface area contributed by atoms with Crippen molar-refractivity contribution in [2.24, 2.45) is 5.92 Å². The van der Waals surface area contributed by atoms with E-state index in [9.17, 15) is 4.79 Å². The zero-order valence-corrected chi connectivity index (χ0v) is 19.3. The Bertz CT molecular complexity index is 843. The van der Waals surface area contributed by atoms with Crippen LogP contribution in [-0.4, -0.2) is 40.6 Å². The molecule has 1 aromatic heterocycles. The summed E-state index contributed by atoms with van der Waals surface area (Å²) in [5.74, 6) is 0.949. The van der Waals surface area contributed by atoms with Gasteiger partial charge < -0.3 is 0 Å². The quantitative estimate of drug-likeness (QED) is 0.525. The van der Waals surface area contributed by atoms with Crippen LogP contribution in [0.2, 0.25) is 0 Å². The lowest BCUT2D eigenvalue weighted by Crippen LogP contribution is -2.45. The first-order valence-corrected chi connectivity index (χ1v) is 12.5. The van der Waals surface area contributed by atoms with Gasteiger partial charge in [0.2, 0.25) is 0 Å². The molecule has 3 heterocycles. The minimum atomic E-state index is 0.253. The van der Waals surface area contributed by atoms with Gasteiger partial charge in [-0.1, -0.05) is 43.9 Å². The summed E-state index contributed by atoms with van der Waals surface area (Å²) in [7, 11) is 0. The van der Waals surface area contributed by atoms with Crippen molar-refractivity contribution in [1.29, 1.82) is 0 Å². The van der Waals surface area contributed by atoms with Crippen LogP contribution in [-0.2, 0) is 17.8 Å². The van der Waals surface area contributed by atoms with Gasteiger partial charge in [-0.3, -0.25) is 4.90 Å². The van der Waals surface area contributed by atoms with Gasteiger partial charge in [-0.25, -0.2) is 4.79 Å². The fraction of sp³-hybridized carbons (Fsp3) is 0.625. The smallest absolute Gasteiger partial charge is 0.299 e. The van der Waals surface area contributed by atoms with Gasteiger partial charge >= 0.3 is 11.0 Å². The highest BCUT2D eigenvalue weighted by molar-refractivity contribution is 7.15. The van der Waals surface area contributed by atoms with Crippen molar-refractivity contribution in [3.63, 3.8) is 0 Å². The molecule has 1 amide bonds. The summed E-state index contributed by atoms with van der Waals surface area (Å²) in [5, 5.41) is 10.9. The average Bonchev–Trinajstić information content (AvgIpc) is 3.40. The second kappa shape index (κ2) is 9.67. The Labute approximate surface area is 184 Å². The van der Waals surface area contributed by atoms with E-state index in [1.165, 1.54) is 44.3 Å². The molecule has 2 saturated heterocycles. The van der Waals surface area contributed by atoms with Gasteiger partial charge in [0, 0.05) is 31.5 Å². The normalized spacial score (nSPS) is 23.7. The Balaban J connectivity index is 1.54. The van der Waals surface area contributed by atoms with Gasteiger partial charge in [-0.05, 0) is 55.2 Å². The van der Waals surface area contributed by atoms with E-state index in [2.05, 4.69) is 53.2 Å². The molecule has 0 aliphatic carbocycles. The average molecular weight is 428 g/mol. The molecule has 4 rings (SSSR count). The number of rotatable bonds is 8. The second-order valence-corrected chi connectivity index (χ2v) is 10.1. The highest BCUT2D eigenvalue weighted by Crippen LogP contribution is 2.42. The van der Waals surface area contributed by atoms with E-state index in [1.807, 2.05) is 0 Å². The molecule has 2 aliphatic heterocycles. The van der Waals surface area contributed by atoms with Crippen molar-refractivity contribution < 1.29 is 4.79 Å². The van der Waals surface area contributed by atoms with Crippen LogP contribution in [0, 0.1) is 5.92 Å². The Morgan fingerprint density at radius 2 is 1.87 bits per heavy atom. The van der Waals surface area contributed by atoms with Crippen LogP contribution in [0.1, 0.15) is 69.4 Å². The summed E-state index contributed by atoms with van der Waals surface area (Å²) in [6, 6.07) is 8.73. The second-order valence-electron chi connectivity index (χ2n) is 9.06. The molecule has 2 aliphatic rings. The summed E-state index contributed by atoms with van der Waals surface area (Å²) in [4.78, 5) is 15.7. The Kier molecular flexibility index (Phi) is 6.96. The monoisotopic (exact) mass is 427 g/mol. The molecule has 0 radical (unpaired) electrons. The topological polar surface area (TPSA) is 46.1 Å². The summed E-state index contributed by atoms with van der Waals surface area (Å²) in [6.07, 6.45) is 8.78. The molecule has 0 saturated carbocycles. The van der Waals surface area contributed by atoms with Crippen LogP contribution in [0.5, 0.6) is 0 Å². The lowest BCUT2D eigenvalue weighted by molar-refractivity contribution is -0.124. The number of piperidine rings is 1. The molecule has 162 valence electrons. The van der Waals surface area contributed by atoms with Crippen molar-refractivity contribution in [1.82, 2.24) is 19.6 Å². The molecule has 0 N–H and O–H groups in total. The predicted molar refractivity (Wildman–Crippen MR) is 124 cm³/mol. The number of amides is 1. The van der Waals surface area contributed by atoms with E-state index in [4.69, 9.17) is 0 Å². The minimum absolute atomic E-state index is 0.253. The Hall–Kier alpha value is -1.63. The van der Waals surface area contributed by atoms with Crippen molar-refractivity contribution in [3.8, 4) is 0 Å². The van der Waals surface area contributed by atoms with E-state index in [-0.39, 0.29) is 10.4 Å². The van der Waals surface area contributed by atoms with Gasteiger partial charge in [0.05, 0.1) is 13.0 Å². The number of hydrogen-bond acceptors (Lipinski definition) is 5. The van der Waals surface area contributed by atoms with Gasteiger partial charge in [-0.2, -0.15) is 4.48 Å². The molecule has 30 heavy (non-hydrogen) atoms. The third-order valence-electron chi connectivity index (χ3n) is 6.87. The maximum atomic E-state index is 13.1. The maximum absolute atomic E-state index is 13.1. The van der Waals surface area contributed by atoms with Crippen LogP contribution in [0.25, 0.3) is 0 Å². The van der Waals surface area contributed by atoms with E-state index in [0.29, 0.717) is 12.3 Å². The van der Waals surface area contributed by atoms with E-state index >= 15 is 0 Å². The molecular weight excluding hydrogens is 392 g/mol. The number of aromatic nitrogens is 2. The Morgan fingerprint density at radius 1 is 1.10 bits per heavy atom. The maximum Gasteiger partial charge on any atom is 0.326 e. The zero-order valence-electron chi connectivity index (χ0n) is 18.5. The van der Waals surface area contributed by atoms with Crippen LogP contribution in [0.3, 0.4) is 0 Å². The summed E-state index contributed by atoms with van der Waals surface area (Å²) >= 11 is 1.63. The molecule has 2 unspecified atom stereocenters. The van der Waals surface area contributed by atoms with Crippen LogP contribution < -0.4 is 4.48 Å². The fourth-order valence-corrected chi connectivity index (χ4v) is 5.72. The molecule has 5 nitrogen and oxygen atoms in total. The van der Waals surface area contributed by atoms with Crippen molar-refractivity contribution >= 4 is 28.1 Å². The molecule has 2 atom stereocenters. The first-order chi connectivity index (χ1) is 14.6. The van der Waals surface area contributed by atoms with Gasteiger partial charge in [-0.15, -0.1) is 5.10 Å². The SMILES string of the molecule is CCC(C)CCc1nnc([N+]2(c3ccc(CN4CCCCC4)cc3)CCCC2=O)s1. The van der Waals surface area contributed by atoms with E-state index in [1.54, 1.807) is 11.3 Å². The van der Waals surface area contributed by atoms with Gasteiger partial charge in [0.25, 0.3) is 0 Å². The number of carbonyl (C=O) groups excluding carboxylic acids is 1. The number of quaternary nitrogens is 1. The molecule has 6 heteroatoms. The third kappa shape index (κ3) is 4.51. The first-order valence-electron chi connectivity index (χ1n) is 11.7. The summed E-state index contributed by atoms with van der Waals surface area (Å²) in [6.45, 7) is 8.71. The van der Waals surface area contributed by atoms with E-state index in [0.717, 1.165) is 48.2 Å². The van der Waals surface area contributed by atoms with E-state index < -0.39 is 0 Å². The van der Waals surface area contributed by atoms with Crippen molar-refractivity contribution in [3.05, 3.63) is 34.8 Å². The molecule has 2 fully saturated rings.